The van der Waals surface area contributed by atoms with Gasteiger partial charge in [0.05, 0.1) is 0 Å². The monoisotopic (exact) mass is 877 g/mol. The van der Waals surface area contributed by atoms with Crippen molar-refractivity contribution in [1.29, 1.82) is 0 Å². The molecule has 0 aliphatic carbocycles. The molecule has 0 aromatic rings. The number of carbonyl (C=O) groups excluding carboxylic acids is 3. The van der Waals surface area contributed by atoms with E-state index in [0.29, 0.717) is 19.3 Å². The Morgan fingerprint density at radius 1 is 0.333 bits per heavy atom. The summed E-state index contributed by atoms with van der Waals surface area (Å²) in [5, 5.41) is 0. The molecule has 1 unspecified atom stereocenters. The predicted octanol–water partition coefficient (Wildman–Crippen LogP) is 17.2. The van der Waals surface area contributed by atoms with Crippen LogP contribution in [0.2, 0.25) is 0 Å². The van der Waals surface area contributed by atoms with E-state index in [1.807, 2.05) is 0 Å². The van der Waals surface area contributed by atoms with Crippen molar-refractivity contribution in [1.82, 2.24) is 0 Å². The molecule has 0 aliphatic heterocycles. The van der Waals surface area contributed by atoms with Crippen molar-refractivity contribution in [3.05, 3.63) is 85.1 Å². The van der Waals surface area contributed by atoms with Crippen LogP contribution in [0.4, 0.5) is 0 Å². The highest BCUT2D eigenvalue weighted by Gasteiger charge is 2.19. The summed E-state index contributed by atoms with van der Waals surface area (Å²) in [4.78, 5) is 37.9. The summed E-state index contributed by atoms with van der Waals surface area (Å²) in [5.74, 6) is -0.914. The van der Waals surface area contributed by atoms with Crippen molar-refractivity contribution >= 4 is 17.9 Å². The van der Waals surface area contributed by atoms with Gasteiger partial charge < -0.3 is 14.2 Å². The molecule has 6 nitrogen and oxygen atoms in total. The highest BCUT2D eigenvalue weighted by molar-refractivity contribution is 5.71. The second-order valence-corrected chi connectivity index (χ2v) is 17.0. The summed E-state index contributed by atoms with van der Waals surface area (Å²) >= 11 is 0. The predicted molar refractivity (Wildman–Crippen MR) is 270 cm³/mol. The van der Waals surface area contributed by atoms with E-state index in [2.05, 4.69) is 106 Å². The molecular formula is C57H96O6. The standard InChI is InChI=1S/C57H96O6/c1-4-7-10-13-16-19-21-23-25-26-27-28-29-30-32-33-35-38-41-44-47-50-56(59)62-53-54(52-61-55(58)49-46-43-40-37-18-15-12-9-6-3)63-57(60)51-48-45-42-39-36-34-31-24-22-20-17-14-11-8-5-2/h7-8,10-11,16-17,19-20,23-25,27-28,31,54H,4-6,9,12-15,18,21-22,26,29-30,32-53H2,1-3H3/b10-7-,11-8-,19-16-,20-17-,25-23-,28-27-,31-24-. The van der Waals surface area contributed by atoms with E-state index >= 15 is 0 Å². The molecule has 0 rings (SSSR count). The Hall–Kier alpha value is -3.41. The van der Waals surface area contributed by atoms with Gasteiger partial charge in [-0.05, 0) is 89.9 Å². The molecule has 0 heterocycles. The van der Waals surface area contributed by atoms with Crippen molar-refractivity contribution in [2.75, 3.05) is 13.2 Å². The van der Waals surface area contributed by atoms with E-state index in [9.17, 15) is 14.4 Å². The molecule has 0 aromatic carbocycles. The lowest BCUT2D eigenvalue weighted by molar-refractivity contribution is -0.167. The average molecular weight is 877 g/mol. The molecule has 1 atom stereocenters. The van der Waals surface area contributed by atoms with Gasteiger partial charge in [-0.25, -0.2) is 0 Å². The van der Waals surface area contributed by atoms with Crippen LogP contribution in [0.25, 0.3) is 0 Å². The van der Waals surface area contributed by atoms with Gasteiger partial charge in [0.1, 0.15) is 13.2 Å². The van der Waals surface area contributed by atoms with Crippen LogP contribution in [0.1, 0.15) is 239 Å². The summed E-state index contributed by atoms with van der Waals surface area (Å²) in [6.07, 6.45) is 65.7. The quantitative estimate of drug-likeness (QED) is 0.0262. The third kappa shape index (κ3) is 49.5. The van der Waals surface area contributed by atoms with Crippen LogP contribution >= 0.6 is 0 Å². The SMILES string of the molecule is CC/C=C\C/C=C\C/C=C\C/C=C\CCCCCCCCCCC(=O)OCC(COC(=O)CCCCCCCCCCC)OC(=O)CCCCCCC/C=C\C/C=C\C/C=C\CC. The maximum atomic E-state index is 12.8. The molecule has 0 N–H and O–H groups in total. The average Bonchev–Trinajstić information content (AvgIpc) is 3.28. The number of hydrogen-bond donors (Lipinski definition) is 0. The fourth-order valence-corrected chi connectivity index (χ4v) is 7.04. The van der Waals surface area contributed by atoms with E-state index in [4.69, 9.17) is 14.2 Å². The number of allylic oxidation sites excluding steroid dienone is 14. The smallest absolute Gasteiger partial charge is 0.306 e. The minimum atomic E-state index is -0.786. The van der Waals surface area contributed by atoms with Gasteiger partial charge in [0.15, 0.2) is 6.10 Å². The van der Waals surface area contributed by atoms with Gasteiger partial charge >= 0.3 is 17.9 Å². The van der Waals surface area contributed by atoms with Gasteiger partial charge in [-0.15, -0.1) is 0 Å². The van der Waals surface area contributed by atoms with Crippen LogP contribution in [0.3, 0.4) is 0 Å². The zero-order chi connectivity index (χ0) is 45.8. The molecule has 360 valence electrons. The van der Waals surface area contributed by atoms with Crippen molar-refractivity contribution in [3.63, 3.8) is 0 Å². The number of unbranched alkanes of at least 4 members (excludes halogenated alkanes) is 21. The molecule has 0 aliphatic rings. The maximum Gasteiger partial charge on any atom is 0.306 e. The summed E-state index contributed by atoms with van der Waals surface area (Å²) in [5.41, 5.74) is 0. The molecule has 0 amide bonds. The molecule has 0 radical (unpaired) electrons. The van der Waals surface area contributed by atoms with Crippen LogP contribution in [-0.2, 0) is 28.6 Å². The van der Waals surface area contributed by atoms with Gasteiger partial charge in [0.25, 0.3) is 0 Å². The Morgan fingerprint density at radius 3 is 0.968 bits per heavy atom. The van der Waals surface area contributed by atoms with Crippen molar-refractivity contribution in [2.45, 2.75) is 245 Å². The number of ether oxygens (including phenoxy) is 3. The molecule has 0 fully saturated rings. The van der Waals surface area contributed by atoms with Gasteiger partial charge in [0, 0.05) is 19.3 Å². The fraction of sp³-hybridized carbons (Fsp3) is 0.702. The first-order valence-electron chi connectivity index (χ1n) is 26.1. The molecule has 0 aromatic heterocycles. The van der Waals surface area contributed by atoms with Crippen LogP contribution in [0, 0.1) is 0 Å². The molecule has 6 heteroatoms. The van der Waals surface area contributed by atoms with Crippen LogP contribution in [0.15, 0.2) is 85.1 Å². The van der Waals surface area contributed by atoms with Crippen molar-refractivity contribution in [3.8, 4) is 0 Å². The first-order chi connectivity index (χ1) is 31.0. The second kappa shape index (κ2) is 51.2. The van der Waals surface area contributed by atoms with Gasteiger partial charge in [-0.2, -0.15) is 0 Å². The van der Waals surface area contributed by atoms with E-state index in [1.165, 1.54) is 70.6 Å². The highest BCUT2D eigenvalue weighted by atomic mass is 16.6. The van der Waals surface area contributed by atoms with E-state index in [0.717, 1.165) is 128 Å². The largest absolute Gasteiger partial charge is 0.462 e. The Balaban J connectivity index is 4.33. The molecule has 0 bridgehead atoms. The minimum absolute atomic E-state index is 0.0854. The minimum Gasteiger partial charge on any atom is -0.462 e. The molecule has 63 heavy (non-hydrogen) atoms. The Morgan fingerprint density at radius 2 is 0.619 bits per heavy atom. The number of carbonyl (C=O) groups is 3. The topological polar surface area (TPSA) is 78.9 Å². The zero-order valence-electron chi connectivity index (χ0n) is 41.1. The number of hydrogen-bond acceptors (Lipinski definition) is 6. The zero-order valence-corrected chi connectivity index (χ0v) is 41.1. The summed E-state index contributed by atoms with van der Waals surface area (Å²) in [6, 6.07) is 0. The highest BCUT2D eigenvalue weighted by Crippen LogP contribution is 2.14. The molecule has 0 saturated carbocycles. The van der Waals surface area contributed by atoms with E-state index < -0.39 is 6.10 Å². The first-order valence-corrected chi connectivity index (χ1v) is 26.1. The van der Waals surface area contributed by atoms with Gasteiger partial charge in [0.2, 0.25) is 0 Å². The normalized spacial score (nSPS) is 12.7. The van der Waals surface area contributed by atoms with Crippen molar-refractivity contribution < 1.29 is 28.6 Å². The fourth-order valence-electron chi connectivity index (χ4n) is 7.04. The maximum absolute atomic E-state index is 12.8. The number of esters is 3. The van der Waals surface area contributed by atoms with E-state index in [-0.39, 0.29) is 31.1 Å². The lowest BCUT2D eigenvalue weighted by Gasteiger charge is -2.18. The van der Waals surface area contributed by atoms with Crippen molar-refractivity contribution in [2.24, 2.45) is 0 Å². The Kier molecular flexibility index (Phi) is 48.5. The Labute approximate surface area is 388 Å². The lowest BCUT2D eigenvalue weighted by Crippen LogP contribution is -2.30. The molecule has 0 saturated heterocycles. The summed E-state index contributed by atoms with van der Waals surface area (Å²) in [7, 11) is 0. The lowest BCUT2D eigenvalue weighted by atomic mass is 10.1. The Bertz CT molecular complexity index is 1240. The summed E-state index contributed by atoms with van der Waals surface area (Å²) in [6.45, 7) is 6.37. The summed E-state index contributed by atoms with van der Waals surface area (Å²) < 4.78 is 16.8. The van der Waals surface area contributed by atoms with Crippen LogP contribution in [-0.4, -0.2) is 37.2 Å². The number of rotatable bonds is 46. The molecule has 0 spiro atoms. The van der Waals surface area contributed by atoms with Crippen LogP contribution < -0.4 is 0 Å². The molecular weight excluding hydrogens is 781 g/mol. The third-order valence-corrected chi connectivity index (χ3v) is 10.9. The van der Waals surface area contributed by atoms with Gasteiger partial charge in [-0.3, -0.25) is 14.4 Å². The first kappa shape index (κ1) is 59.6. The van der Waals surface area contributed by atoms with E-state index in [1.54, 1.807) is 0 Å². The second-order valence-electron chi connectivity index (χ2n) is 17.0. The third-order valence-electron chi connectivity index (χ3n) is 10.9. The van der Waals surface area contributed by atoms with Gasteiger partial charge in [-0.1, -0.05) is 215 Å². The van der Waals surface area contributed by atoms with Crippen LogP contribution in [0.5, 0.6) is 0 Å².